The number of aryl methyl sites for hydroxylation is 3. The van der Waals surface area contributed by atoms with E-state index in [1.165, 1.54) is 11.8 Å². The second-order valence-corrected chi connectivity index (χ2v) is 7.56. The highest BCUT2D eigenvalue weighted by Crippen LogP contribution is 2.22. The van der Waals surface area contributed by atoms with Crippen molar-refractivity contribution in [3.63, 3.8) is 0 Å². The zero-order valence-corrected chi connectivity index (χ0v) is 17.3. The molecule has 0 radical (unpaired) electrons. The Morgan fingerprint density at radius 3 is 2.28 bits per heavy atom. The van der Waals surface area contributed by atoms with Gasteiger partial charge in [-0.3, -0.25) is 9.59 Å². The van der Waals surface area contributed by atoms with E-state index in [1.54, 1.807) is 18.2 Å². The molecule has 148 valence electrons. The van der Waals surface area contributed by atoms with Gasteiger partial charge >= 0.3 is 0 Å². The second kappa shape index (κ2) is 9.34. The summed E-state index contributed by atoms with van der Waals surface area (Å²) in [4.78, 5) is 33.4. The first-order valence-corrected chi connectivity index (χ1v) is 10.1. The highest BCUT2D eigenvalue weighted by Gasteiger charge is 2.10. The lowest BCUT2D eigenvalue weighted by Crippen LogP contribution is -2.16. The van der Waals surface area contributed by atoms with Crippen LogP contribution in [0.4, 0.5) is 11.4 Å². The average molecular weight is 407 g/mol. The monoisotopic (exact) mass is 406 g/mol. The normalized spacial score (nSPS) is 10.4. The van der Waals surface area contributed by atoms with E-state index >= 15 is 0 Å². The number of carbonyl (C=O) groups is 2. The molecule has 0 saturated carbocycles. The molecule has 0 atom stereocenters. The number of hydrogen-bond acceptors (Lipinski definition) is 5. The minimum atomic E-state index is -0.195. The number of aromatic nitrogens is 2. The molecule has 0 unspecified atom stereocenters. The van der Waals surface area contributed by atoms with E-state index in [4.69, 9.17) is 0 Å². The van der Waals surface area contributed by atoms with E-state index in [2.05, 4.69) is 20.6 Å². The van der Waals surface area contributed by atoms with Gasteiger partial charge in [-0.1, -0.05) is 36.0 Å². The van der Waals surface area contributed by atoms with E-state index in [-0.39, 0.29) is 17.6 Å². The molecule has 7 heteroatoms. The van der Waals surface area contributed by atoms with Gasteiger partial charge in [0.1, 0.15) is 0 Å². The van der Waals surface area contributed by atoms with Gasteiger partial charge in [-0.2, -0.15) is 0 Å². The summed E-state index contributed by atoms with van der Waals surface area (Å²) < 4.78 is 0. The van der Waals surface area contributed by atoms with Crippen LogP contribution in [-0.4, -0.2) is 27.5 Å². The maximum Gasteiger partial charge on any atom is 0.255 e. The van der Waals surface area contributed by atoms with Crippen LogP contribution in [0.2, 0.25) is 0 Å². The quantitative estimate of drug-likeness (QED) is 0.469. The number of anilines is 2. The third kappa shape index (κ3) is 5.89. The van der Waals surface area contributed by atoms with Crippen LogP contribution in [0, 0.1) is 20.8 Å². The molecule has 0 aliphatic carbocycles. The highest BCUT2D eigenvalue weighted by atomic mass is 32.2. The zero-order valence-electron chi connectivity index (χ0n) is 16.5. The standard InChI is InChI=1S/C22H22N4O2S/c1-14-9-10-18(12-19(14)26-21(28)17-7-5-4-6-8-17)25-20(27)13-29-22-23-15(2)11-16(3)24-22/h4-12H,13H2,1-3H3,(H,25,27)(H,26,28). The first-order chi connectivity index (χ1) is 13.9. The molecule has 0 aliphatic rings. The van der Waals surface area contributed by atoms with Crippen molar-refractivity contribution in [1.82, 2.24) is 9.97 Å². The molecule has 0 aliphatic heterocycles. The van der Waals surface area contributed by atoms with Gasteiger partial charge in [-0.25, -0.2) is 9.97 Å². The van der Waals surface area contributed by atoms with E-state index in [1.807, 2.05) is 57.2 Å². The molecule has 29 heavy (non-hydrogen) atoms. The molecule has 0 saturated heterocycles. The Bertz CT molecular complexity index is 1020. The Morgan fingerprint density at radius 2 is 1.59 bits per heavy atom. The summed E-state index contributed by atoms with van der Waals surface area (Å²) in [5, 5.41) is 6.33. The summed E-state index contributed by atoms with van der Waals surface area (Å²) in [6.45, 7) is 5.70. The van der Waals surface area contributed by atoms with Crippen molar-refractivity contribution in [2.45, 2.75) is 25.9 Å². The first-order valence-electron chi connectivity index (χ1n) is 9.13. The summed E-state index contributed by atoms with van der Waals surface area (Å²) in [6, 6.07) is 16.3. The third-order valence-electron chi connectivity index (χ3n) is 4.10. The minimum absolute atomic E-state index is 0.165. The van der Waals surface area contributed by atoms with Gasteiger partial charge in [0.05, 0.1) is 5.75 Å². The molecule has 3 rings (SSSR count). The number of rotatable bonds is 6. The van der Waals surface area contributed by atoms with Crippen LogP contribution >= 0.6 is 11.8 Å². The van der Waals surface area contributed by atoms with Crippen molar-refractivity contribution < 1.29 is 9.59 Å². The largest absolute Gasteiger partial charge is 0.325 e. The number of carbonyl (C=O) groups excluding carboxylic acids is 2. The Morgan fingerprint density at radius 1 is 0.897 bits per heavy atom. The third-order valence-corrected chi connectivity index (χ3v) is 4.95. The van der Waals surface area contributed by atoms with Gasteiger partial charge in [0.25, 0.3) is 5.91 Å². The Hall–Kier alpha value is -3.19. The molecule has 6 nitrogen and oxygen atoms in total. The summed E-state index contributed by atoms with van der Waals surface area (Å²) in [6.07, 6.45) is 0. The van der Waals surface area contributed by atoms with Gasteiger partial charge in [0.15, 0.2) is 5.16 Å². The molecule has 3 aromatic rings. The van der Waals surface area contributed by atoms with E-state index in [0.717, 1.165) is 17.0 Å². The summed E-state index contributed by atoms with van der Waals surface area (Å²) >= 11 is 1.29. The van der Waals surface area contributed by atoms with Gasteiger partial charge in [0.2, 0.25) is 5.91 Å². The fourth-order valence-corrected chi connectivity index (χ4v) is 3.45. The number of nitrogens with one attached hydrogen (secondary N) is 2. The lowest BCUT2D eigenvalue weighted by molar-refractivity contribution is -0.113. The summed E-state index contributed by atoms with van der Waals surface area (Å²) in [5.41, 5.74) is 4.50. The highest BCUT2D eigenvalue weighted by molar-refractivity contribution is 7.99. The van der Waals surface area contributed by atoms with Crippen LogP contribution in [0.15, 0.2) is 59.8 Å². The number of nitrogens with zero attached hydrogens (tertiary/aromatic N) is 2. The van der Waals surface area contributed by atoms with E-state index in [0.29, 0.717) is 22.1 Å². The zero-order chi connectivity index (χ0) is 20.8. The van der Waals surface area contributed by atoms with Crippen LogP contribution in [0.25, 0.3) is 0 Å². The number of amides is 2. The SMILES string of the molecule is Cc1cc(C)nc(SCC(=O)Nc2ccc(C)c(NC(=O)c3ccccc3)c2)n1. The molecule has 1 aromatic heterocycles. The van der Waals surface area contributed by atoms with Crippen LogP contribution in [0.3, 0.4) is 0 Å². The molecule has 0 spiro atoms. The molecule has 0 fully saturated rings. The van der Waals surface area contributed by atoms with E-state index in [9.17, 15) is 9.59 Å². The van der Waals surface area contributed by atoms with Crippen molar-refractivity contribution in [2.75, 3.05) is 16.4 Å². The van der Waals surface area contributed by atoms with Crippen LogP contribution in [0.1, 0.15) is 27.3 Å². The molecule has 1 heterocycles. The first kappa shape index (κ1) is 20.5. The topological polar surface area (TPSA) is 84.0 Å². The van der Waals surface area contributed by atoms with Gasteiger partial charge in [0, 0.05) is 28.3 Å². The smallest absolute Gasteiger partial charge is 0.255 e. The number of benzene rings is 2. The van der Waals surface area contributed by atoms with Crippen molar-refractivity contribution in [2.24, 2.45) is 0 Å². The molecule has 2 N–H and O–H groups in total. The molecule has 2 aromatic carbocycles. The fraction of sp³-hybridized carbons (Fsp3) is 0.182. The molecular weight excluding hydrogens is 384 g/mol. The van der Waals surface area contributed by atoms with E-state index < -0.39 is 0 Å². The second-order valence-electron chi connectivity index (χ2n) is 6.62. The summed E-state index contributed by atoms with van der Waals surface area (Å²) in [5.74, 6) is -0.163. The molecule has 0 bridgehead atoms. The predicted octanol–water partition coefficient (Wildman–Crippen LogP) is 4.38. The minimum Gasteiger partial charge on any atom is -0.325 e. The Labute approximate surface area is 174 Å². The molecule has 2 amide bonds. The van der Waals surface area contributed by atoms with Gasteiger partial charge in [-0.15, -0.1) is 0 Å². The van der Waals surface area contributed by atoms with Crippen molar-refractivity contribution >= 4 is 35.0 Å². The number of hydrogen-bond donors (Lipinski definition) is 2. The lowest BCUT2D eigenvalue weighted by atomic mass is 10.1. The fourth-order valence-electron chi connectivity index (χ4n) is 2.70. The van der Waals surface area contributed by atoms with Crippen molar-refractivity contribution in [3.8, 4) is 0 Å². The Kier molecular flexibility index (Phi) is 6.61. The summed E-state index contributed by atoms with van der Waals surface area (Å²) in [7, 11) is 0. The van der Waals surface area contributed by atoms with Crippen molar-refractivity contribution in [3.05, 3.63) is 77.1 Å². The number of thioether (sulfide) groups is 1. The molecular formula is C22H22N4O2S. The van der Waals surface area contributed by atoms with Crippen LogP contribution in [-0.2, 0) is 4.79 Å². The maximum absolute atomic E-state index is 12.4. The Balaban J connectivity index is 1.63. The van der Waals surface area contributed by atoms with Gasteiger partial charge in [-0.05, 0) is 56.7 Å². The average Bonchev–Trinajstić information content (AvgIpc) is 2.69. The lowest BCUT2D eigenvalue weighted by Gasteiger charge is -2.12. The predicted molar refractivity (Wildman–Crippen MR) is 116 cm³/mol. The van der Waals surface area contributed by atoms with Gasteiger partial charge < -0.3 is 10.6 Å². The maximum atomic E-state index is 12.4. The van der Waals surface area contributed by atoms with Crippen LogP contribution < -0.4 is 10.6 Å². The van der Waals surface area contributed by atoms with Crippen molar-refractivity contribution in [1.29, 1.82) is 0 Å². The van der Waals surface area contributed by atoms with Crippen LogP contribution in [0.5, 0.6) is 0 Å².